The summed E-state index contributed by atoms with van der Waals surface area (Å²) in [6.07, 6.45) is 0.959. The van der Waals surface area contributed by atoms with E-state index in [2.05, 4.69) is 0 Å². The first-order valence-corrected chi connectivity index (χ1v) is 5.82. The number of aldehydes is 1. The van der Waals surface area contributed by atoms with Crippen LogP contribution in [0.4, 0.5) is 0 Å². The van der Waals surface area contributed by atoms with Crippen LogP contribution in [0.5, 0.6) is 0 Å². The highest BCUT2D eigenvalue weighted by Gasteiger charge is 2.28. The zero-order valence-corrected chi connectivity index (χ0v) is 8.98. The summed E-state index contributed by atoms with van der Waals surface area (Å²) < 4.78 is 12.9. The maximum absolute atomic E-state index is 11.7. The molecule has 0 N–H and O–H groups in total. The van der Waals surface area contributed by atoms with Gasteiger partial charge < -0.3 is 0 Å². The largest absolute Gasteiger partial charge is 0.297 e. The molecule has 1 aromatic heterocycles. The third-order valence-electron chi connectivity index (χ3n) is 2.01. The van der Waals surface area contributed by atoms with Gasteiger partial charge in [0.05, 0.1) is 16.2 Å². The first-order valence-electron chi connectivity index (χ1n) is 3.90. The molecule has 2 rings (SSSR count). The third-order valence-corrected chi connectivity index (χ3v) is 4.64. The van der Waals surface area contributed by atoms with Crippen LogP contribution < -0.4 is 0 Å². The molecule has 1 unspecified atom stereocenters. The van der Waals surface area contributed by atoms with E-state index in [9.17, 15) is 13.8 Å². The lowest BCUT2D eigenvalue weighted by Crippen LogP contribution is -2.34. The van der Waals surface area contributed by atoms with Gasteiger partial charge in [-0.05, 0) is 6.07 Å². The summed E-state index contributed by atoms with van der Waals surface area (Å²) in [7, 11) is 0.0642. The fourth-order valence-electron chi connectivity index (χ4n) is 1.25. The van der Waals surface area contributed by atoms with Crippen LogP contribution in [0, 0.1) is 0 Å². The number of nitrogens with zero attached hydrogens (tertiary/aromatic N) is 1. The molecule has 1 aliphatic heterocycles. The van der Waals surface area contributed by atoms with E-state index in [4.69, 9.17) is 0 Å². The molecule has 14 heavy (non-hydrogen) atoms. The predicted octanol–water partition coefficient (Wildman–Crippen LogP) is 0.598. The number of carbonyl (C=O) groups excluding carboxylic acids is 2. The topological polar surface area (TPSA) is 54.5 Å². The predicted molar refractivity (Wildman–Crippen MR) is 52.6 cm³/mol. The van der Waals surface area contributed by atoms with E-state index in [0.717, 1.165) is 4.88 Å². The number of amides is 1. The van der Waals surface area contributed by atoms with Crippen LogP contribution in [0.15, 0.2) is 11.0 Å². The van der Waals surface area contributed by atoms with Gasteiger partial charge in [-0.15, -0.1) is 11.3 Å². The summed E-state index contributed by atoms with van der Waals surface area (Å²) in [6.45, 7) is 0. The van der Waals surface area contributed by atoms with Crippen LogP contribution in [0.25, 0.3) is 0 Å². The van der Waals surface area contributed by atoms with Gasteiger partial charge >= 0.3 is 0 Å². The maximum atomic E-state index is 11.7. The standard InChI is InChI=1S/C8H7NO3S2/c1-9-8(11)3-6-7(14(9)12)2-5(4-10)13-6/h2,4H,3H2,1H3. The summed E-state index contributed by atoms with van der Waals surface area (Å²) in [4.78, 5) is 23.7. The monoisotopic (exact) mass is 229 g/mol. The Kier molecular flexibility index (Phi) is 2.24. The van der Waals surface area contributed by atoms with Gasteiger partial charge in [0.25, 0.3) is 0 Å². The molecule has 6 heteroatoms. The Morgan fingerprint density at radius 3 is 3.00 bits per heavy atom. The van der Waals surface area contributed by atoms with Crippen LogP contribution in [0.3, 0.4) is 0 Å². The lowest BCUT2D eigenvalue weighted by Gasteiger charge is -2.20. The SMILES string of the molecule is CN1C(=O)Cc2sc(C=O)cc2S1=O. The average molecular weight is 229 g/mol. The van der Waals surface area contributed by atoms with Gasteiger partial charge in [0.1, 0.15) is 0 Å². The summed E-state index contributed by atoms with van der Waals surface area (Å²) in [5.74, 6) is -0.171. The minimum absolute atomic E-state index is 0.171. The highest BCUT2D eigenvalue weighted by Crippen LogP contribution is 2.30. The van der Waals surface area contributed by atoms with Gasteiger partial charge in [0.15, 0.2) is 17.3 Å². The minimum Gasteiger partial charge on any atom is -0.297 e. The Hall–Kier alpha value is -1.01. The Labute approximate surface area is 87.1 Å². The molecule has 1 atom stereocenters. The van der Waals surface area contributed by atoms with Crippen molar-refractivity contribution in [2.45, 2.75) is 11.3 Å². The quantitative estimate of drug-likeness (QED) is 0.662. The molecule has 0 fully saturated rings. The van der Waals surface area contributed by atoms with Crippen molar-refractivity contribution in [3.05, 3.63) is 15.8 Å². The van der Waals surface area contributed by atoms with Crippen molar-refractivity contribution < 1.29 is 13.8 Å². The second-order valence-electron chi connectivity index (χ2n) is 2.87. The van der Waals surface area contributed by atoms with Crippen LogP contribution in [-0.4, -0.2) is 27.8 Å². The van der Waals surface area contributed by atoms with E-state index in [1.54, 1.807) is 6.07 Å². The van der Waals surface area contributed by atoms with Crippen LogP contribution in [0.2, 0.25) is 0 Å². The van der Waals surface area contributed by atoms with Crippen molar-refractivity contribution in [1.82, 2.24) is 4.31 Å². The summed E-state index contributed by atoms with van der Waals surface area (Å²) in [5.41, 5.74) is 0. The maximum Gasteiger partial charge on any atom is 0.239 e. The first kappa shape index (κ1) is 9.54. The Morgan fingerprint density at radius 1 is 1.64 bits per heavy atom. The van der Waals surface area contributed by atoms with Gasteiger partial charge in [-0.1, -0.05) is 0 Å². The van der Waals surface area contributed by atoms with Crippen LogP contribution in [0.1, 0.15) is 14.5 Å². The van der Waals surface area contributed by atoms with E-state index < -0.39 is 11.0 Å². The molecule has 0 saturated carbocycles. The molecule has 2 heterocycles. The normalized spacial score (nSPS) is 20.8. The zero-order valence-electron chi connectivity index (χ0n) is 7.35. The summed E-state index contributed by atoms with van der Waals surface area (Å²) in [6, 6.07) is 1.59. The number of rotatable bonds is 1. The fraction of sp³-hybridized carbons (Fsp3) is 0.250. The lowest BCUT2D eigenvalue weighted by atomic mass is 10.3. The average Bonchev–Trinajstić information content (AvgIpc) is 2.57. The number of thiophene rings is 1. The van der Waals surface area contributed by atoms with Gasteiger partial charge in [0.2, 0.25) is 5.91 Å². The highest BCUT2D eigenvalue weighted by atomic mass is 32.2. The second kappa shape index (κ2) is 3.29. The molecule has 1 aliphatic rings. The highest BCUT2D eigenvalue weighted by molar-refractivity contribution is 7.83. The Balaban J connectivity index is 2.53. The van der Waals surface area contributed by atoms with Crippen LogP contribution >= 0.6 is 11.3 Å². The molecule has 0 spiro atoms. The van der Waals surface area contributed by atoms with E-state index in [0.29, 0.717) is 16.1 Å². The Bertz CT molecular complexity index is 438. The van der Waals surface area contributed by atoms with E-state index in [1.807, 2.05) is 0 Å². The third kappa shape index (κ3) is 1.31. The lowest BCUT2D eigenvalue weighted by molar-refractivity contribution is -0.125. The first-order chi connectivity index (χ1) is 6.63. The van der Waals surface area contributed by atoms with E-state index in [-0.39, 0.29) is 12.3 Å². The second-order valence-corrected chi connectivity index (χ2v) is 5.53. The van der Waals surface area contributed by atoms with Gasteiger partial charge in [-0.3, -0.25) is 13.9 Å². The number of fused-ring (bicyclic) bond motifs is 1. The molecule has 74 valence electrons. The number of likely N-dealkylation sites (N-methyl/N-ethyl adjacent to an activating group) is 1. The van der Waals surface area contributed by atoms with Crippen molar-refractivity contribution in [2.75, 3.05) is 7.05 Å². The molecule has 1 amide bonds. The molecule has 1 aromatic rings. The minimum atomic E-state index is -1.44. The van der Waals surface area contributed by atoms with E-state index >= 15 is 0 Å². The van der Waals surface area contributed by atoms with E-state index in [1.165, 1.54) is 22.7 Å². The Morgan fingerprint density at radius 2 is 2.36 bits per heavy atom. The molecular formula is C8H7NO3S2. The zero-order chi connectivity index (χ0) is 10.3. The van der Waals surface area contributed by atoms with Crippen molar-refractivity contribution >= 4 is 34.5 Å². The molecular weight excluding hydrogens is 222 g/mol. The van der Waals surface area contributed by atoms with Crippen molar-refractivity contribution in [3.8, 4) is 0 Å². The van der Waals surface area contributed by atoms with Crippen molar-refractivity contribution in [2.24, 2.45) is 0 Å². The molecule has 0 aromatic carbocycles. The molecule has 0 saturated heterocycles. The molecule has 4 nitrogen and oxygen atoms in total. The van der Waals surface area contributed by atoms with Gasteiger partial charge in [-0.25, -0.2) is 4.21 Å². The van der Waals surface area contributed by atoms with Crippen LogP contribution in [-0.2, 0) is 22.2 Å². The van der Waals surface area contributed by atoms with Gasteiger partial charge in [0, 0.05) is 11.9 Å². The van der Waals surface area contributed by atoms with Crippen molar-refractivity contribution in [3.63, 3.8) is 0 Å². The van der Waals surface area contributed by atoms with Crippen molar-refractivity contribution in [1.29, 1.82) is 0 Å². The fourth-order valence-corrected chi connectivity index (χ4v) is 3.57. The molecule has 0 aliphatic carbocycles. The summed E-state index contributed by atoms with van der Waals surface area (Å²) >= 11 is 1.24. The van der Waals surface area contributed by atoms with Gasteiger partial charge in [-0.2, -0.15) is 0 Å². The molecule has 0 bridgehead atoms. The number of hydrogen-bond donors (Lipinski definition) is 0. The smallest absolute Gasteiger partial charge is 0.239 e. The molecule has 0 radical (unpaired) electrons. The summed E-state index contributed by atoms with van der Waals surface area (Å²) in [5, 5.41) is 0. The number of carbonyl (C=O) groups is 2. The number of hydrogen-bond acceptors (Lipinski definition) is 4.